The lowest BCUT2D eigenvalue weighted by Gasteiger charge is -2.29. The molecule has 168 valence electrons. The van der Waals surface area contributed by atoms with E-state index in [9.17, 15) is 9.59 Å². The summed E-state index contributed by atoms with van der Waals surface area (Å²) < 4.78 is 2.02. The Morgan fingerprint density at radius 1 is 1.12 bits per heavy atom. The van der Waals surface area contributed by atoms with Crippen LogP contribution in [-0.4, -0.2) is 38.5 Å². The molecule has 1 fully saturated rings. The smallest absolute Gasteiger partial charge is 0.321 e. The molecule has 0 radical (unpaired) electrons. The van der Waals surface area contributed by atoms with Crippen LogP contribution in [0.5, 0.6) is 0 Å². The van der Waals surface area contributed by atoms with Crippen molar-refractivity contribution in [3.63, 3.8) is 0 Å². The third-order valence-corrected chi connectivity index (χ3v) is 7.49. The molecular weight excluding hydrogens is 442 g/mol. The topological polar surface area (TPSA) is 88.9 Å². The number of thioether (sulfide) groups is 1. The zero-order chi connectivity index (χ0) is 22.3. The number of imide groups is 1. The molecule has 1 saturated carbocycles. The third-order valence-electron chi connectivity index (χ3n) is 5.66. The van der Waals surface area contributed by atoms with Crippen LogP contribution in [0.25, 0.3) is 10.7 Å². The third kappa shape index (κ3) is 5.77. The van der Waals surface area contributed by atoms with Crippen LogP contribution in [0.15, 0.2) is 53.0 Å². The first-order chi connectivity index (χ1) is 15.6. The van der Waals surface area contributed by atoms with E-state index in [0.717, 1.165) is 35.5 Å². The monoisotopic (exact) mass is 469 g/mol. The lowest BCUT2D eigenvalue weighted by Crippen LogP contribution is -2.48. The van der Waals surface area contributed by atoms with Gasteiger partial charge in [0.1, 0.15) is 0 Å². The van der Waals surface area contributed by atoms with Gasteiger partial charge >= 0.3 is 6.03 Å². The number of nitrogens with one attached hydrogen (secondary N) is 2. The van der Waals surface area contributed by atoms with Crippen LogP contribution in [0, 0.1) is 5.92 Å². The van der Waals surface area contributed by atoms with E-state index in [-0.39, 0.29) is 17.7 Å². The van der Waals surface area contributed by atoms with Crippen LogP contribution in [0.1, 0.15) is 38.2 Å². The molecular formula is C23H27N5O2S2. The van der Waals surface area contributed by atoms with Gasteiger partial charge in [-0.05, 0) is 35.8 Å². The lowest BCUT2D eigenvalue weighted by molar-refractivity contribution is -0.117. The number of rotatable bonds is 7. The Hall–Kier alpha value is -2.65. The summed E-state index contributed by atoms with van der Waals surface area (Å²) >= 11 is 2.88. The standard InChI is InChI=1S/C23H27N5O2S2/c1-16-8-5-6-11-18(16)24-22(30)25-20(29)15-32-23-27-26-21(19-12-7-13-31-19)28(23)14-17-9-3-2-4-10-17/h2-4,7,9-10,12-13,16,18H,5-6,8,11,14-15H2,1H3,(H2,24,25,29,30). The quantitative estimate of drug-likeness (QED) is 0.496. The number of aromatic nitrogens is 3. The largest absolute Gasteiger partial charge is 0.335 e. The number of carbonyl (C=O) groups is 2. The summed E-state index contributed by atoms with van der Waals surface area (Å²) in [6.45, 7) is 2.75. The number of carbonyl (C=O) groups excluding carboxylic acids is 2. The number of hydrogen-bond acceptors (Lipinski definition) is 6. The Morgan fingerprint density at radius 2 is 1.94 bits per heavy atom. The normalized spacial score (nSPS) is 18.3. The van der Waals surface area contributed by atoms with Gasteiger partial charge in [-0.1, -0.05) is 67.9 Å². The van der Waals surface area contributed by atoms with Crippen LogP contribution >= 0.6 is 23.1 Å². The van der Waals surface area contributed by atoms with Crippen molar-refractivity contribution in [2.45, 2.75) is 50.4 Å². The average Bonchev–Trinajstić information content (AvgIpc) is 3.45. The molecule has 1 aliphatic rings. The fraction of sp³-hybridized carbons (Fsp3) is 0.391. The molecule has 32 heavy (non-hydrogen) atoms. The summed E-state index contributed by atoms with van der Waals surface area (Å²) in [6, 6.07) is 13.8. The van der Waals surface area contributed by atoms with Crippen molar-refractivity contribution in [3.05, 3.63) is 53.4 Å². The first-order valence-electron chi connectivity index (χ1n) is 10.8. The van der Waals surface area contributed by atoms with E-state index in [0.29, 0.717) is 17.6 Å². The molecule has 1 aliphatic carbocycles. The van der Waals surface area contributed by atoms with Gasteiger partial charge in [-0.15, -0.1) is 21.5 Å². The van der Waals surface area contributed by atoms with E-state index in [1.165, 1.54) is 18.2 Å². The van der Waals surface area contributed by atoms with Crippen LogP contribution in [0.2, 0.25) is 0 Å². The lowest BCUT2D eigenvalue weighted by atomic mass is 9.86. The minimum Gasteiger partial charge on any atom is -0.335 e. The van der Waals surface area contributed by atoms with Crippen molar-refractivity contribution in [1.29, 1.82) is 0 Å². The van der Waals surface area contributed by atoms with Gasteiger partial charge in [0.2, 0.25) is 5.91 Å². The molecule has 9 heteroatoms. The summed E-state index contributed by atoms with van der Waals surface area (Å²) in [5.74, 6) is 0.954. The number of thiophene rings is 1. The average molecular weight is 470 g/mol. The van der Waals surface area contributed by atoms with Crippen LogP contribution in [0.4, 0.5) is 4.79 Å². The van der Waals surface area contributed by atoms with E-state index in [4.69, 9.17) is 0 Å². The molecule has 0 bridgehead atoms. The molecule has 2 aromatic heterocycles. The van der Waals surface area contributed by atoms with Gasteiger partial charge in [0, 0.05) is 6.04 Å². The second kappa shape index (κ2) is 10.8. The number of nitrogens with zero attached hydrogens (tertiary/aromatic N) is 3. The summed E-state index contributed by atoms with van der Waals surface area (Å²) in [5.41, 5.74) is 1.12. The van der Waals surface area contributed by atoms with Crippen LogP contribution in [-0.2, 0) is 11.3 Å². The number of urea groups is 1. The maximum absolute atomic E-state index is 12.4. The second-order valence-corrected chi connectivity index (χ2v) is 9.92. The Morgan fingerprint density at radius 3 is 2.69 bits per heavy atom. The first-order valence-corrected chi connectivity index (χ1v) is 12.7. The summed E-state index contributed by atoms with van der Waals surface area (Å²) in [7, 11) is 0. The van der Waals surface area contributed by atoms with E-state index >= 15 is 0 Å². The van der Waals surface area contributed by atoms with E-state index < -0.39 is 6.03 Å². The summed E-state index contributed by atoms with van der Waals surface area (Å²) in [4.78, 5) is 25.7. The van der Waals surface area contributed by atoms with Crippen molar-refractivity contribution in [1.82, 2.24) is 25.4 Å². The Labute approximate surface area is 196 Å². The maximum atomic E-state index is 12.4. The van der Waals surface area contributed by atoms with Gasteiger partial charge in [-0.25, -0.2) is 4.79 Å². The zero-order valence-corrected chi connectivity index (χ0v) is 19.6. The Kier molecular flexibility index (Phi) is 7.59. The molecule has 0 saturated heterocycles. The molecule has 7 nitrogen and oxygen atoms in total. The van der Waals surface area contributed by atoms with Gasteiger partial charge < -0.3 is 5.32 Å². The predicted molar refractivity (Wildman–Crippen MR) is 128 cm³/mol. The molecule has 2 atom stereocenters. The highest BCUT2D eigenvalue weighted by Crippen LogP contribution is 2.28. The zero-order valence-electron chi connectivity index (χ0n) is 18.0. The predicted octanol–water partition coefficient (Wildman–Crippen LogP) is 4.55. The van der Waals surface area contributed by atoms with Gasteiger partial charge in [0.15, 0.2) is 11.0 Å². The summed E-state index contributed by atoms with van der Waals surface area (Å²) in [5, 5.41) is 16.8. The molecule has 3 aromatic rings. The minimum atomic E-state index is -0.417. The van der Waals surface area contributed by atoms with Crippen LogP contribution < -0.4 is 10.6 Å². The highest BCUT2D eigenvalue weighted by atomic mass is 32.2. The highest BCUT2D eigenvalue weighted by Gasteiger charge is 2.23. The van der Waals surface area contributed by atoms with Crippen molar-refractivity contribution < 1.29 is 9.59 Å². The van der Waals surface area contributed by atoms with Gasteiger partial charge in [0.25, 0.3) is 0 Å². The van der Waals surface area contributed by atoms with E-state index in [2.05, 4.69) is 39.9 Å². The molecule has 3 amide bonds. The van der Waals surface area contributed by atoms with Gasteiger partial charge in [-0.3, -0.25) is 14.7 Å². The molecule has 4 rings (SSSR count). The van der Waals surface area contributed by atoms with Crippen molar-refractivity contribution in [3.8, 4) is 10.7 Å². The van der Waals surface area contributed by atoms with E-state index in [1.54, 1.807) is 11.3 Å². The highest BCUT2D eigenvalue weighted by molar-refractivity contribution is 7.99. The Balaban J connectivity index is 1.39. The molecule has 1 aromatic carbocycles. The minimum absolute atomic E-state index is 0.0883. The number of benzene rings is 1. The fourth-order valence-corrected chi connectivity index (χ4v) is 5.38. The fourth-order valence-electron chi connectivity index (χ4n) is 3.92. The molecule has 2 heterocycles. The van der Waals surface area contributed by atoms with Gasteiger partial charge in [-0.2, -0.15) is 0 Å². The molecule has 2 unspecified atom stereocenters. The Bertz CT molecular complexity index is 1040. The first kappa shape index (κ1) is 22.5. The van der Waals surface area contributed by atoms with E-state index in [1.807, 2.05) is 40.3 Å². The van der Waals surface area contributed by atoms with Crippen molar-refractivity contribution in [2.24, 2.45) is 5.92 Å². The molecule has 2 N–H and O–H groups in total. The summed E-state index contributed by atoms with van der Waals surface area (Å²) in [6.07, 6.45) is 4.39. The number of hydrogen-bond donors (Lipinski definition) is 2. The van der Waals surface area contributed by atoms with Gasteiger partial charge in [0.05, 0.1) is 17.2 Å². The van der Waals surface area contributed by atoms with Crippen molar-refractivity contribution in [2.75, 3.05) is 5.75 Å². The van der Waals surface area contributed by atoms with Crippen LogP contribution in [0.3, 0.4) is 0 Å². The SMILES string of the molecule is CC1CCCCC1NC(=O)NC(=O)CSc1nnc(-c2cccs2)n1Cc1ccccc1. The maximum Gasteiger partial charge on any atom is 0.321 e. The van der Waals surface area contributed by atoms with Crippen molar-refractivity contribution >= 4 is 35.0 Å². The molecule has 0 aliphatic heterocycles. The second-order valence-electron chi connectivity index (χ2n) is 8.03. The molecule has 0 spiro atoms. The number of amides is 3.